The van der Waals surface area contributed by atoms with E-state index in [0.717, 1.165) is 12.1 Å². The fraction of sp³-hybridized carbons (Fsp3) is 0.364. The highest BCUT2D eigenvalue weighted by Gasteiger charge is 2.13. The lowest BCUT2D eigenvalue weighted by molar-refractivity contribution is 0.217. The molecule has 1 rings (SSSR count). The molecule has 1 aromatic carbocycles. The molecular weight excluding hydrogens is 233 g/mol. The number of benzene rings is 1. The van der Waals surface area contributed by atoms with E-state index < -0.39 is 17.5 Å². The van der Waals surface area contributed by atoms with Gasteiger partial charge < -0.3 is 10.2 Å². The zero-order valence-corrected chi connectivity index (χ0v) is 9.56. The normalized spacial score (nSPS) is 10.2. The highest BCUT2D eigenvalue weighted by molar-refractivity contribution is 5.73. The van der Waals surface area contributed by atoms with E-state index in [1.807, 2.05) is 0 Å². The average molecular weight is 246 g/mol. The van der Waals surface area contributed by atoms with Crippen LogP contribution >= 0.6 is 0 Å². The van der Waals surface area contributed by atoms with E-state index in [0.29, 0.717) is 0 Å². The molecule has 17 heavy (non-hydrogen) atoms. The summed E-state index contributed by atoms with van der Waals surface area (Å²) in [5, 5.41) is 2.50. The Bertz CT molecular complexity index is 421. The standard InChI is InChI=1S/C11H13F3N2O/c1-16(2)11(17)15-6-5-7-3-4-8(12)10(14)9(7)13/h3-4H,5-6H2,1-2H3,(H,15,17). The maximum Gasteiger partial charge on any atom is 0.316 e. The molecule has 0 atom stereocenters. The number of amides is 2. The van der Waals surface area contributed by atoms with Crippen molar-refractivity contribution >= 4 is 6.03 Å². The summed E-state index contributed by atoms with van der Waals surface area (Å²) in [6.07, 6.45) is 0.0998. The second-order valence-electron chi connectivity index (χ2n) is 3.71. The Labute approximate surface area is 97.2 Å². The quantitative estimate of drug-likeness (QED) is 0.812. The van der Waals surface area contributed by atoms with Crippen LogP contribution in [0.15, 0.2) is 12.1 Å². The lowest BCUT2D eigenvalue weighted by Crippen LogP contribution is -2.35. The van der Waals surface area contributed by atoms with Crippen LogP contribution in [0.5, 0.6) is 0 Å². The van der Waals surface area contributed by atoms with Crippen LogP contribution in [-0.4, -0.2) is 31.6 Å². The van der Waals surface area contributed by atoms with Crippen molar-refractivity contribution < 1.29 is 18.0 Å². The molecule has 0 aromatic heterocycles. The van der Waals surface area contributed by atoms with Crippen molar-refractivity contribution in [3.8, 4) is 0 Å². The van der Waals surface area contributed by atoms with Crippen LogP contribution in [0.25, 0.3) is 0 Å². The highest BCUT2D eigenvalue weighted by Crippen LogP contribution is 2.15. The largest absolute Gasteiger partial charge is 0.338 e. The molecule has 3 nitrogen and oxygen atoms in total. The van der Waals surface area contributed by atoms with Gasteiger partial charge in [0.15, 0.2) is 17.5 Å². The zero-order valence-electron chi connectivity index (χ0n) is 9.56. The van der Waals surface area contributed by atoms with Crippen molar-refractivity contribution in [3.63, 3.8) is 0 Å². The molecule has 1 N–H and O–H groups in total. The van der Waals surface area contributed by atoms with Gasteiger partial charge in [0, 0.05) is 20.6 Å². The van der Waals surface area contributed by atoms with Gasteiger partial charge in [-0.15, -0.1) is 0 Å². The van der Waals surface area contributed by atoms with Crippen molar-refractivity contribution in [2.75, 3.05) is 20.6 Å². The Balaban J connectivity index is 2.59. The third kappa shape index (κ3) is 3.37. The van der Waals surface area contributed by atoms with Gasteiger partial charge in [-0.25, -0.2) is 18.0 Å². The minimum absolute atomic E-state index is 0.0305. The van der Waals surface area contributed by atoms with E-state index in [9.17, 15) is 18.0 Å². The Morgan fingerprint density at radius 1 is 1.24 bits per heavy atom. The van der Waals surface area contributed by atoms with Crippen molar-refractivity contribution in [1.82, 2.24) is 10.2 Å². The Morgan fingerprint density at radius 3 is 2.47 bits per heavy atom. The van der Waals surface area contributed by atoms with Gasteiger partial charge in [-0.1, -0.05) is 6.07 Å². The van der Waals surface area contributed by atoms with Gasteiger partial charge in [0.1, 0.15) is 0 Å². The van der Waals surface area contributed by atoms with E-state index in [2.05, 4.69) is 5.32 Å². The minimum Gasteiger partial charge on any atom is -0.338 e. The van der Waals surface area contributed by atoms with Crippen molar-refractivity contribution in [1.29, 1.82) is 0 Å². The summed E-state index contributed by atoms with van der Waals surface area (Å²) >= 11 is 0. The van der Waals surface area contributed by atoms with Crippen LogP contribution in [-0.2, 0) is 6.42 Å². The van der Waals surface area contributed by atoms with Crippen molar-refractivity contribution in [3.05, 3.63) is 35.1 Å². The van der Waals surface area contributed by atoms with Crippen LogP contribution in [0.3, 0.4) is 0 Å². The topological polar surface area (TPSA) is 32.3 Å². The second kappa shape index (κ2) is 5.56. The van der Waals surface area contributed by atoms with Crippen LogP contribution in [0.2, 0.25) is 0 Å². The van der Waals surface area contributed by atoms with E-state index in [4.69, 9.17) is 0 Å². The highest BCUT2D eigenvalue weighted by atomic mass is 19.2. The predicted molar refractivity (Wildman–Crippen MR) is 57.1 cm³/mol. The molecule has 0 radical (unpaired) electrons. The van der Waals surface area contributed by atoms with E-state index in [1.165, 1.54) is 4.90 Å². The summed E-state index contributed by atoms with van der Waals surface area (Å²) in [6, 6.07) is 1.70. The van der Waals surface area contributed by atoms with Gasteiger partial charge in [-0.2, -0.15) is 0 Å². The van der Waals surface area contributed by atoms with Crippen molar-refractivity contribution in [2.45, 2.75) is 6.42 Å². The van der Waals surface area contributed by atoms with Crippen LogP contribution in [0.1, 0.15) is 5.56 Å². The molecule has 1 aromatic rings. The first-order chi connectivity index (χ1) is 7.93. The SMILES string of the molecule is CN(C)C(=O)NCCc1ccc(F)c(F)c1F. The number of urea groups is 1. The molecule has 0 spiro atoms. The molecule has 0 fully saturated rings. The smallest absolute Gasteiger partial charge is 0.316 e. The monoisotopic (exact) mass is 246 g/mol. The number of carbonyl (C=O) groups excluding carboxylic acids is 1. The third-order valence-electron chi connectivity index (χ3n) is 2.19. The molecule has 0 saturated carbocycles. The lowest BCUT2D eigenvalue weighted by atomic mass is 10.1. The number of hydrogen-bond donors (Lipinski definition) is 1. The number of halogens is 3. The van der Waals surface area contributed by atoms with Gasteiger partial charge in [-0.3, -0.25) is 0 Å². The number of hydrogen-bond acceptors (Lipinski definition) is 1. The molecule has 0 heterocycles. The molecular formula is C11H13F3N2O. The fourth-order valence-electron chi connectivity index (χ4n) is 1.22. The maximum atomic E-state index is 13.2. The summed E-state index contributed by atoms with van der Waals surface area (Å²) < 4.78 is 38.7. The molecule has 0 aliphatic heterocycles. The van der Waals surface area contributed by atoms with Crippen LogP contribution in [0.4, 0.5) is 18.0 Å². The van der Waals surface area contributed by atoms with Crippen LogP contribution in [0, 0.1) is 17.5 Å². The molecule has 94 valence electrons. The van der Waals surface area contributed by atoms with Gasteiger partial charge in [0.2, 0.25) is 0 Å². The van der Waals surface area contributed by atoms with Crippen molar-refractivity contribution in [2.24, 2.45) is 0 Å². The molecule has 0 aliphatic rings. The molecule has 0 saturated heterocycles. The van der Waals surface area contributed by atoms with Gasteiger partial charge >= 0.3 is 6.03 Å². The third-order valence-corrected chi connectivity index (χ3v) is 2.19. The van der Waals surface area contributed by atoms with Crippen LogP contribution < -0.4 is 5.32 Å². The summed E-state index contributed by atoms with van der Waals surface area (Å²) in [5.74, 6) is -3.91. The number of nitrogens with zero attached hydrogens (tertiary/aromatic N) is 1. The first-order valence-corrected chi connectivity index (χ1v) is 5.01. The minimum atomic E-state index is -1.48. The van der Waals surface area contributed by atoms with Gasteiger partial charge in [-0.05, 0) is 18.1 Å². The zero-order chi connectivity index (χ0) is 13.0. The summed E-state index contributed by atoms with van der Waals surface area (Å²) in [7, 11) is 3.13. The molecule has 2 amide bonds. The number of nitrogens with one attached hydrogen (secondary N) is 1. The summed E-state index contributed by atoms with van der Waals surface area (Å²) in [4.78, 5) is 12.4. The van der Waals surface area contributed by atoms with E-state index >= 15 is 0 Å². The first-order valence-electron chi connectivity index (χ1n) is 5.01. The Kier molecular flexibility index (Phi) is 4.37. The lowest BCUT2D eigenvalue weighted by Gasteiger charge is -2.12. The van der Waals surface area contributed by atoms with Gasteiger partial charge in [0.05, 0.1) is 0 Å². The second-order valence-corrected chi connectivity index (χ2v) is 3.71. The molecule has 6 heteroatoms. The summed E-state index contributed by atoms with van der Waals surface area (Å²) in [6.45, 7) is 0.152. The molecule has 0 bridgehead atoms. The molecule has 0 unspecified atom stereocenters. The number of carbonyl (C=O) groups is 1. The molecule has 0 aliphatic carbocycles. The Morgan fingerprint density at radius 2 is 1.88 bits per heavy atom. The predicted octanol–water partition coefficient (Wildman–Crippen LogP) is 1.92. The Hall–Kier alpha value is -1.72. The fourth-order valence-corrected chi connectivity index (χ4v) is 1.22. The maximum absolute atomic E-state index is 13.2. The first kappa shape index (κ1) is 13.3. The summed E-state index contributed by atoms with van der Waals surface area (Å²) in [5.41, 5.74) is 0.0305. The van der Waals surface area contributed by atoms with E-state index in [-0.39, 0.29) is 24.6 Å². The van der Waals surface area contributed by atoms with E-state index in [1.54, 1.807) is 14.1 Å². The van der Waals surface area contributed by atoms with Gasteiger partial charge in [0.25, 0.3) is 0 Å². The number of rotatable bonds is 3. The average Bonchev–Trinajstić information content (AvgIpc) is 2.28.